The molecule has 2 heterocycles. The van der Waals surface area contributed by atoms with Crippen LogP contribution in [0.25, 0.3) is 0 Å². The number of oxazole rings is 1. The van der Waals surface area contributed by atoms with Crippen LogP contribution in [0.5, 0.6) is 0 Å². The molecule has 7 heteroatoms. The Labute approximate surface area is 117 Å². The summed E-state index contributed by atoms with van der Waals surface area (Å²) in [5, 5.41) is 7.00. The van der Waals surface area contributed by atoms with Crippen LogP contribution in [0.15, 0.2) is 10.7 Å². The number of rotatable bonds is 5. The van der Waals surface area contributed by atoms with Crippen molar-refractivity contribution in [3.63, 3.8) is 0 Å². The van der Waals surface area contributed by atoms with Gasteiger partial charge in [-0.05, 0) is 20.3 Å². The quantitative estimate of drug-likeness (QED) is 0.900. The molecule has 20 heavy (non-hydrogen) atoms. The SMILES string of the molecule is CCCn1ncnc1[C@H](C)NC(=O)c1oc(C)nc1C. The molecule has 1 N–H and O–H groups in total. The highest BCUT2D eigenvalue weighted by Gasteiger charge is 2.20. The van der Waals surface area contributed by atoms with Crippen molar-refractivity contribution in [3.8, 4) is 0 Å². The molecule has 0 unspecified atom stereocenters. The fourth-order valence-electron chi connectivity index (χ4n) is 2.06. The maximum Gasteiger partial charge on any atom is 0.289 e. The highest BCUT2D eigenvalue weighted by molar-refractivity contribution is 5.92. The Kier molecular flexibility index (Phi) is 4.16. The number of nitrogens with one attached hydrogen (secondary N) is 1. The molecule has 0 bridgehead atoms. The van der Waals surface area contributed by atoms with Crippen LogP contribution in [-0.2, 0) is 6.54 Å². The number of carbonyl (C=O) groups excluding carboxylic acids is 1. The molecular formula is C13H19N5O2. The van der Waals surface area contributed by atoms with Crippen LogP contribution >= 0.6 is 0 Å². The van der Waals surface area contributed by atoms with Gasteiger partial charge in [0.05, 0.1) is 11.7 Å². The summed E-state index contributed by atoms with van der Waals surface area (Å²) in [5.41, 5.74) is 0.585. The molecule has 0 aliphatic heterocycles. The van der Waals surface area contributed by atoms with E-state index < -0.39 is 0 Å². The average molecular weight is 277 g/mol. The van der Waals surface area contributed by atoms with Crippen molar-refractivity contribution in [2.45, 2.75) is 46.7 Å². The summed E-state index contributed by atoms with van der Waals surface area (Å²) >= 11 is 0. The second-order valence-electron chi connectivity index (χ2n) is 4.68. The van der Waals surface area contributed by atoms with Crippen LogP contribution in [0.3, 0.4) is 0 Å². The third-order valence-corrected chi connectivity index (χ3v) is 2.93. The summed E-state index contributed by atoms with van der Waals surface area (Å²) in [4.78, 5) is 20.4. The highest BCUT2D eigenvalue weighted by Crippen LogP contribution is 2.13. The summed E-state index contributed by atoms with van der Waals surface area (Å²) in [6.07, 6.45) is 2.45. The van der Waals surface area contributed by atoms with Crippen LogP contribution < -0.4 is 5.32 Å². The molecule has 0 fully saturated rings. The molecule has 0 aromatic carbocycles. The standard InChI is InChI=1S/C13H19N5O2/c1-5-6-18-12(14-7-15-18)9(3)17-13(19)11-8(2)16-10(4)20-11/h7,9H,5-6H2,1-4H3,(H,17,19)/t9-/m0/s1. The first-order valence-corrected chi connectivity index (χ1v) is 6.65. The minimum atomic E-state index is -0.290. The van der Waals surface area contributed by atoms with E-state index in [1.807, 2.05) is 6.92 Å². The molecule has 2 aromatic heterocycles. The number of nitrogens with zero attached hydrogens (tertiary/aromatic N) is 4. The van der Waals surface area contributed by atoms with Gasteiger partial charge in [0.25, 0.3) is 5.91 Å². The molecule has 108 valence electrons. The molecule has 7 nitrogen and oxygen atoms in total. The molecular weight excluding hydrogens is 258 g/mol. The molecule has 2 aromatic rings. The van der Waals surface area contributed by atoms with Gasteiger partial charge in [0, 0.05) is 13.5 Å². The highest BCUT2D eigenvalue weighted by atomic mass is 16.4. The smallest absolute Gasteiger partial charge is 0.289 e. The van der Waals surface area contributed by atoms with Gasteiger partial charge in [0.2, 0.25) is 5.76 Å². The molecule has 0 spiro atoms. The minimum absolute atomic E-state index is 0.246. The van der Waals surface area contributed by atoms with Gasteiger partial charge < -0.3 is 9.73 Å². The van der Waals surface area contributed by atoms with Crippen LogP contribution in [0.1, 0.15) is 54.3 Å². The molecule has 0 radical (unpaired) electrons. The van der Waals surface area contributed by atoms with Gasteiger partial charge in [-0.1, -0.05) is 6.92 Å². The summed E-state index contributed by atoms with van der Waals surface area (Å²) in [6, 6.07) is -0.249. The van der Waals surface area contributed by atoms with E-state index in [-0.39, 0.29) is 17.7 Å². The zero-order chi connectivity index (χ0) is 14.7. The van der Waals surface area contributed by atoms with Gasteiger partial charge in [-0.3, -0.25) is 4.79 Å². The predicted molar refractivity (Wildman–Crippen MR) is 72.2 cm³/mol. The van der Waals surface area contributed by atoms with Crippen molar-refractivity contribution in [2.75, 3.05) is 0 Å². The topological polar surface area (TPSA) is 85.8 Å². The summed E-state index contributed by atoms with van der Waals surface area (Å²) in [6.45, 7) is 8.17. The Hall–Kier alpha value is -2.18. The van der Waals surface area contributed by atoms with Gasteiger partial charge in [0.15, 0.2) is 5.89 Å². The Morgan fingerprint density at radius 1 is 1.50 bits per heavy atom. The zero-order valence-corrected chi connectivity index (χ0v) is 12.2. The first kappa shape index (κ1) is 14.2. The van der Waals surface area contributed by atoms with E-state index in [9.17, 15) is 4.79 Å². The third-order valence-electron chi connectivity index (χ3n) is 2.93. The predicted octanol–water partition coefficient (Wildman–Crippen LogP) is 1.78. The lowest BCUT2D eigenvalue weighted by atomic mass is 10.2. The first-order valence-electron chi connectivity index (χ1n) is 6.65. The van der Waals surface area contributed by atoms with E-state index in [1.165, 1.54) is 6.33 Å². The number of hydrogen-bond acceptors (Lipinski definition) is 5. The molecule has 0 aliphatic rings. The lowest BCUT2D eigenvalue weighted by Gasteiger charge is -2.13. The van der Waals surface area contributed by atoms with Gasteiger partial charge in [0.1, 0.15) is 12.2 Å². The summed E-state index contributed by atoms with van der Waals surface area (Å²) in [5.74, 6) is 1.17. The monoisotopic (exact) mass is 277 g/mol. The van der Waals surface area contributed by atoms with Gasteiger partial charge in [-0.25, -0.2) is 14.6 Å². The minimum Gasteiger partial charge on any atom is -0.436 e. The number of aryl methyl sites for hydroxylation is 3. The Morgan fingerprint density at radius 2 is 2.25 bits per heavy atom. The molecule has 1 atom stereocenters. The number of hydrogen-bond donors (Lipinski definition) is 1. The van der Waals surface area contributed by atoms with Crippen molar-refractivity contribution in [2.24, 2.45) is 0 Å². The van der Waals surface area contributed by atoms with Crippen LogP contribution in [-0.4, -0.2) is 25.7 Å². The van der Waals surface area contributed by atoms with E-state index in [4.69, 9.17) is 4.42 Å². The maximum absolute atomic E-state index is 12.2. The van der Waals surface area contributed by atoms with Crippen molar-refractivity contribution >= 4 is 5.91 Å². The Morgan fingerprint density at radius 3 is 2.85 bits per heavy atom. The average Bonchev–Trinajstić information content (AvgIpc) is 2.96. The lowest BCUT2D eigenvalue weighted by molar-refractivity contribution is 0.0907. The first-order chi connectivity index (χ1) is 9.52. The summed E-state index contributed by atoms with van der Waals surface area (Å²) < 4.78 is 7.10. The van der Waals surface area contributed by atoms with Gasteiger partial charge >= 0.3 is 0 Å². The molecule has 0 aliphatic carbocycles. The zero-order valence-electron chi connectivity index (χ0n) is 12.2. The number of aromatic nitrogens is 4. The molecule has 2 rings (SSSR count). The lowest BCUT2D eigenvalue weighted by Crippen LogP contribution is -2.29. The largest absolute Gasteiger partial charge is 0.436 e. The maximum atomic E-state index is 12.2. The number of carbonyl (C=O) groups is 1. The van der Waals surface area contributed by atoms with Crippen molar-refractivity contribution in [1.29, 1.82) is 0 Å². The molecule has 0 saturated carbocycles. The van der Waals surface area contributed by atoms with Crippen molar-refractivity contribution in [1.82, 2.24) is 25.1 Å². The molecule has 1 amide bonds. The fourth-order valence-corrected chi connectivity index (χ4v) is 2.06. The second kappa shape index (κ2) is 5.85. The van der Waals surface area contributed by atoms with Crippen LogP contribution in [0.2, 0.25) is 0 Å². The van der Waals surface area contributed by atoms with Crippen LogP contribution in [0.4, 0.5) is 0 Å². The van der Waals surface area contributed by atoms with E-state index in [1.54, 1.807) is 18.5 Å². The van der Waals surface area contributed by atoms with Gasteiger partial charge in [-0.15, -0.1) is 0 Å². The fraction of sp³-hybridized carbons (Fsp3) is 0.538. The molecule has 0 saturated heterocycles. The summed E-state index contributed by atoms with van der Waals surface area (Å²) in [7, 11) is 0. The Balaban J connectivity index is 2.11. The third kappa shape index (κ3) is 2.87. The normalized spacial score (nSPS) is 12.4. The number of amides is 1. The second-order valence-corrected chi connectivity index (χ2v) is 4.68. The van der Waals surface area contributed by atoms with Crippen molar-refractivity contribution < 1.29 is 9.21 Å². The van der Waals surface area contributed by atoms with Crippen LogP contribution in [0, 0.1) is 13.8 Å². The van der Waals surface area contributed by atoms with E-state index in [0.717, 1.165) is 18.8 Å². The van der Waals surface area contributed by atoms with E-state index in [0.29, 0.717) is 11.6 Å². The van der Waals surface area contributed by atoms with E-state index >= 15 is 0 Å². The van der Waals surface area contributed by atoms with Crippen molar-refractivity contribution in [3.05, 3.63) is 29.5 Å². The van der Waals surface area contributed by atoms with Gasteiger partial charge in [-0.2, -0.15) is 5.10 Å². The Bertz CT molecular complexity index is 602. The van der Waals surface area contributed by atoms with E-state index in [2.05, 4.69) is 27.3 Å².